The summed E-state index contributed by atoms with van der Waals surface area (Å²) in [5, 5.41) is 3.18. The zero-order valence-electron chi connectivity index (χ0n) is 15.5. The van der Waals surface area contributed by atoms with Crippen LogP contribution in [0.3, 0.4) is 0 Å². The maximum absolute atomic E-state index is 12.5. The first-order valence-corrected chi connectivity index (χ1v) is 8.93. The highest BCUT2D eigenvalue weighted by molar-refractivity contribution is 5.71. The second-order valence-corrected chi connectivity index (χ2v) is 6.34. The van der Waals surface area contributed by atoms with Gasteiger partial charge in [0, 0.05) is 25.9 Å². The molecule has 7 heteroatoms. The molecule has 0 aliphatic rings. The van der Waals surface area contributed by atoms with Crippen molar-refractivity contribution in [2.75, 3.05) is 19.0 Å². The second kappa shape index (κ2) is 8.14. The van der Waals surface area contributed by atoms with Crippen molar-refractivity contribution in [2.24, 2.45) is 0 Å². The predicted molar refractivity (Wildman–Crippen MR) is 103 cm³/mol. The van der Waals surface area contributed by atoms with Gasteiger partial charge in [0.2, 0.25) is 5.95 Å². The average molecular weight is 355 g/mol. The lowest BCUT2D eigenvalue weighted by Crippen LogP contribution is -2.14. The van der Waals surface area contributed by atoms with Crippen molar-refractivity contribution in [1.82, 2.24) is 19.5 Å². The lowest BCUT2D eigenvalue weighted by Gasteiger charge is -2.09. The maximum Gasteiger partial charge on any atom is 0.278 e. The van der Waals surface area contributed by atoms with E-state index in [1.165, 1.54) is 11.1 Å². The molecule has 2 N–H and O–H groups in total. The Labute approximate surface area is 152 Å². The van der Waals surface area contributed by atoms with Crippen LogP contribution in [0.15, 0.2) is 29.3 Å². The highest BCUT2D eigenvalue weighted by atomic mass is 16.5. The van der Waals surface area contributed by atoms with Gasteiger partial charge in [-0.2, -0.15) is 4.98 Å². The molecular weight excluding hydrogens is 330 g/mol. The summed E-state index contributed by atoms with van der Waals surface area (Å²) in [6, 6.07) is 6.12. The van der Waals surface area contributed by atoms with E-state index in [9.17, 15) is 4.79 Å². The smallest absolute Gasteiger partial charge is 0.278 e. The van der Waals surface area contributed by atoms with Gasteiger partial charge in [0.05, 0.1) is 6.33 Å². The molecule has 0 radical (unpaired) electrons. The molecule has 0 spiro atoms. The highest BCUT2D eigenvalue weighted by Gasteiger charge is 2.11. The fourth-order valence-electron chi connectivity index (χ4n) is 3.01. The Morgan fingerprint density at radius 3 is 2.92 bits per heavy atom. The Morgan fingerprint density at radius 2 is 2.15 bits per heavy atom. The number of nitrogens with one attached hydrogen (secondary N) is 2. The van der Waals surface area contributed by atoms with E-state index < -0.39 is 0 Å². The largest absolute Gasteiger partial charge is 0.385 e. The van der Waals surface area contributed by atoms with Gasteiger partial charge in [-0.15, -0.1) is 0 Å². The van der Waals surface area contributed by atoms with Crippen LogP contribution in [0, 0.1) is 6.92 Å². The van der Waals surface area contributed by atoms with Crippen LogP contribution in [-0.4, -0.2) is 33.2 Å². The molecule has 2 heterocycles. The normalized spacial score (nSPS) is 11.2. The number of anilines is 2. The van der Waals surface area contributed by atoms with E-state index in [4.69, 9.17) is 4.74 Å². The summed E-state index contributed by atoms with van der Waals surface area (Å²) in [4.78, 5) is 24.1. The molecule has 3 aromatic rings. The number of unbranched alkanes of at least 4 members (excludes halogenated alkanes) is 1. The van der Waals surface area contributed by atoms with E-state index in [1.54, 1.807) is 13.4 Å². The molecule has 7 nitrogen and oxygen atoms in total. The zero-order valence-corrected chi connectivity index (χ0v) is 15.5. The third-order valence-electron chi connectivity index (χ3n) is 4.47. The summed E-state index contributed by atoms with van der Waals surface area (Å²) in [6.07, 6.45) is 4.48. The van der Waals surface area contributed by atoms with Crippen LogP contribution >= 0.6 is 0 Å². The summed E-state index contributed by atoms with van der Waals surface area (Å²) in [7, 11) is 1.69. The van der Waals surface area contributed by atoms with Crippen molar-refractivity contribution >= 4 is 22.8 Å². The standard InChI is InChI=1S/C19H25N5O2/c1-4-14-11-15(8-7-13(14)2)21-19-22-17-16(18(25)23-19)24(12-20-17)9-5-6-10-26-3/h7-8,11-12H,4-6,9-10H2,1-3H3,(H2,21,22,23,25). The quantitative estimate of drug-likeness (QED) is 0.606. The van der Waals surface area contributed by atoms with E-state index in [0.717, 1.165) is 31.5 Å². The van der Waals surface area contributed by atoms with E-state index >= 15 is 0 Å². The Balaban J connectivity index is 1.82. The minimum atomic E-state index is -0.190. The number of imidazole rings is 1. The van der Waals surface area contributed by atoms with Gasteiger partial charge < -0.3 is 14.6 Å². The van der Waals surface area contributed by atoms with Crippen LogP contribution < -0.4 is 10.9 Å². The first-order valence-electron chi connectivity index (χ1n) is 8.93. The van der Waals surface area contributed by atoms with Crippen LogP contribution in [0.2, 0.25) is 0 Å². The highest BCUT2D eigenvalue weighted by Crippen LogP contribution is 2.19. The van der Waals surface area contributed by atoms with Crippen molar-refractivity contribution in [3.05, 3.63) is 46.0 Å². The number of methoxy groups -OCH3 is 1. The van der Waals surface area contributed by atoms with Crippen LogP contribution in [0.4, 0.5) is 11.6 Å². The van der Waals surface area contributed by atoms with Gasteiger partial charge in [-0.1, -0.05) is 13.0 Å². The van der Waals surface area contributed by atoms with Crippen molar-refractivity contribution in [1.29, 1.82) is 0 Å². The molecule has 0 unspecified atom stereocenters. The predicted octanol–water partition coefficient (Wildman–Crippen LogP) is 3.16. The van der Waals surface area contributed by atoms with Crippen LogP contribution in [-0.2, 0) is 17.7 Å². The summed E-state index contributed by atoms with van der Waals surface area (Å²) < 4.78 is 6.90. The minimum absolute atomic E-state index is 0.190. The Kier molecular flexibility index (Phi) is 5.68. The number of aromatic amines is 1. The molecule has 0 fully saturated rings. The molecule has 2 aromatic heterocycles. The zero-order chi connectivity index (χ0) is 18.5. The van der Waals surface area contributed by atoms with Crippen LogP contribution in [0.25, 0.3) is 11.2 Å². The fraction of sp³-hybridized carbons (Fsp3) is 0.421. The Bertz CT molecular complexity index is 945. The van der Waals surface area contributed by atoms with Gasteiger partial charge in [0.25, 0.3) is 5.56 Å². The minimum Gasteiger partial charge on any atom is -0.385 e. The second-order valence-electron chi connectivity index (χ2n) is 6.34. The Hall–Kier alpha value is -2.67. The number of aryl methyl sites for hydroxylation is 3. The number of hydrogen-bond acceptors (Lipinski definition) is 5. The first kappa shape index (κ1) is 18.1. The lowest BCUT2D eigenvalue weighted by atomic mass is 10.1. The number of ether oxygens (including phenoxy) is 1. The molecule has 0 amide bonds. The van der Waals surface area contributed by atoms with E-state index in [2.05, 4.69) is 46.2 Å². The molecule has 0 aliphatic carbocycles. The molecule has 0 atom stereocenters. The van der Waals surface area contributed by atoms with Gasteiger partial charge in [-0.25, -0.2) is 4.98 Å². The van der Waals surface area contributed by atoms with Crippen molar-refractivity contribution < 1.29 is 4.74 Å². The molecule has 0 saturated heterocycles. The summed E-state index contributed by atoms with van der Waals surface area (Å²) in [5.41, 5.74) is 4.18. The van der Waals surface area contributed by atoms with Gasteiger partial charge in [-0.05, 0) is 49.4 Å². The topological polar surface area (TPSA) is 84.8 Å². The van der Waals surface area contributed by atoms with Gasteiger partial charge in [-0.3, -0.25) is 9.78 Å². The molecule has 26 heavy (non-hydrogen) atoms. The van der Waals surface area contributed by atoms with Crippen molar-refractivity contribution in [3.63, 3.8) is 0 Å². The van der Waals surface area contributed by atoms with E-state index in [-0.39, 0.29) is 5.56 Å². The molecule has 1 aromatic carbocycles. The number of aromatic nitrogens is 4. The number of nitrogens with zero attached hydrogens (tertiary/aromatic N) is 3. The van der Waals surface area contributed by atoms with Gasteiger partial charge >= 0.3 is 0 Å². The monoisotopic (exact) mass is 355 g/mol. The van der Waals surface area contributed by atoms with Crippen LogP contribution in [0.1, 0.15) is 30.9 Å². The fourth-order valence-corrected chi connectivity index (χ4v) is 3.01. The number of rotatable bonds is 8. The SMILES string of the molecule is CCc1cc(Nc2nc3ncn(CCCCOC)c3c(=O)[nH]2)ccc1C. The van der Waals surface area contributed by atoms with E-state index in [1.807, 2.05) is 10.6 Å². The van der Waals surface area contributed by atoms with Gasteiger partial charge in [0.1, 0.15) is 0 Å². The molecular formula is C19H25N5O2. The van der Waals surface area contributed by atoms with Gasteiger partial charge in [0.15, 0.2) is 11.2 Å². The van der Waals surface area contributed by atoms with Crippen molar-refractivity contribution in [2.45, 2.75) is 39.7 Å². The summed E-state index contributed by atoms with van der Waals surface area (Å²) >= 11 is 0. The number of hydrogen-bond donors (Lipinski definition) is 2. The molecule has 0 bridgehead atoms. The molecule has 138 valence electrons. The summed E-state index contributed by atoms with van der Waals surface area (Å²) in [6.45, 7) is 5.65. The summed E-state index contributed by atoms with van der Waals surface area (Å²) in [5.74, 6) is 0.401. The Morgan fingerprint density at radius 1 is 1.31 bits per heavy atom. The third-order valence-corrected chi connectivity index (χ3v) is 4.47. The number of H-pyrrole nitrogens is 1. The third kappa shape index (κ3) is 3.94. The number of benzene rings is 1. The van der Waals surface area contributed by atoms with Crippen molar-refractivity contribution in [3.8, 4) is 0 Å². The van der Waals surface area contributed by atoms with Crippen LogP contribution in [0.5, 0.6) is 0 Å². The number of fused-ring (bicyclic) bond motifs is 1. The lowest BCUT2D eigenvalue weighted by molar-refractivity contribution is 0.191. The first-order chi connectivity index (χ1) is 12.6. The molecule has 0 aliphatic heterocycles. The van der Waals surface area contributed by atoms with E-state index in [0.29, 0.717) is 23.7 Å². The maximum atomic E-state index is 12.5. The molecule has 3 rings (SSSR count). The molecule has 0 saturated carbocycles. The average Bonchev–Trinajstić information content (AvgIpc) is 3.04.